The maximum atomic E-state index is 11.0. The molecule has 0 aromatic rings. The highest BCUT2D eigenvalue weighted by Gasteiger charge is 2.16. The molecular weight excluding hydrogens is 136 g/mol. The molecule has 1 saturated carbocycles. The van der Waals surface area contributed by atoms with E-state index in [1.54, 1.807) is 0 Å². The van der Waals surface area contributed by atoms with Gasteiger partial charge in [0.15, 0.2) is 0 Å². The Morgan fingerprint density at radius 2 is 2.27 bits per heavy atom. The SMILES string of the molecule is CC(C)=CC1CCCC(=O)C1. The van der Waals surface area contributed by atoms with Crippen molar-refractivity contribution < 1.29 is 4.79 Å². The molecule has 0 amide bonds. The van der Waals surface area contributed by atoms with Gasteiger partial charge in [0.25, 0.3) is 0 Å². The van der Waals surface area contributed by atoms with Crippen molar-refractivity contribution in [2.75, 3.05) is 0 Å². The smallest absolute Gasteiger partial charge is 0.133 e. The molecule has 1 fully saturated rings. The van der Waals surface area contributed by atoms with Crippen molar-refractivity contribution in [2.24, 2.45) is 5.92 Å². The molecule has 0 N–H and O–H groups in total. The summed E-state index contributed by atoms with van der Waals surface area (Å²) < 4.78 is 0. The fourth-order valence-electron chi connectivity index (χ4n) is 1.67. The predicted molar refractivity (Wildman–Crippen MR) is 46.4 cm³/mol. The maximum absolute atomic E-state index is 11.0. The van der Waals surface area contributed by atoms with E-state index >= 15 is 0 Å². The van der Waals surface area contributed by atoms with Crippen molar-refractivity contribution in [2.45, 2.75) is 39.5 Å². The number of ketones is 1. The van der Waals surface area contributed by atoms with Crippen molar-refractivity contribution in [1.29, 1.82) is 0 Å². The minimum atomic E-state index is 0.443. The van der Waals surface area contributed by atoms with Gasteiger partial charge in [0.05, 0.1) is 0 Å². The first-order chi connectivity index (χ1) is 5.18. The Morgan fingerprint density at radius 1 is 1.55 bits per heavy atom. The van der Waals surface area contributed by atoms with Crippen LogP contribution in [0.2, 0.25) is 0 Å². The predicted octanol–water partition coefficient (Wildman–Crippen LogP) is 2.71. The summed E-state index contributed by atoms with van der Waals surface area (Å²) in [5, 5.41) is 0. The van der Waals surface area contributed by atoms with E-state index in [4.69, 9.17) is 0 Å². The van der Waals surface area contributed by atoms with Crippen LogP contribution in [0.25, 0.3) is 0 Å². The Kier molecular flexibility index (Phi) is 2.86. The van der Waals surface area contributed by atoms with Gasteiger partial charge < -0.3 is 0 Å². The van der Waals surface area contributed by atoms with Gasteiger partial charge in [-0.05, 0) is 32.6 Å². The number of carbonyl (C=O) groups is 1. The fourth-order valence-corrected chi connectivity index (χ4v) is 1.67. The highest BCUT2D eigenvalue weighted by atomic mass is 16.1. The van der Waals surface area contributed by atoms with Crippen LogP contribution in [0.3, 0.4) is 0 Å². The molecular formula is C10H16O. The summed E-state index contributed by atoms with van der Waals surface area (Å²) in [5.74, 6) is 0.986. The van der Waals surface area contributed by atoms with Gasteiger partial charge in [0.1, 0.15) is 5.78 Å². The van der Waals surface area contributed by atoms with Gasteiger partial charge >= 0.3 is 0 Å². The first kappa shape index (κ1) is 8.51. The zero-order chi connectivity index (χ0) is 8.27. The Bertz CT molecular complexity index is 175. The summed E-state index contributed by atoms with van der Waals surface area (Å²) in [5.41, 5.74) is 1.34. The number of Topliss-reactive ketones (excluding diaryl/α,β-unsaturated/α-hetero) is 1. The molecule has 0 saturated heterocycles. The molecule has 0 radical (unpaired) electrons. The van der Waals surface area contributed by atoms with E-state index in [2.05, 4.69) is 19.9 Å². The van der Waals surface area contributed by atoms with Crippen LogP contribution in [0.15, 0.2) is 11.6 Å². The normalized spacial score (nSPS) is 24.9. The third-order valence-electron chi connectivity index (χ3n) is 2.09. The van der Waals surface area contributed by atoms with Gasteiger partial charge in [-0.15, -0.1) is 0 Å². The highest BCUT2D eigenvalue weighted by molar-refractivity contribution is 5.79. The molecule has 1 unspecified atom stereocenters. The van der Waals surface area contributed by atoms with E-state index in [1.165, 1.54) is 12.0 Å². The number of carbonyl (C=O) groups excluding carboxylic acids is 1. The van der Waals surface area contributed by atoms with E-state index < -0.39 is 0 Å². The molecule has 0 aromatic heterocycles. The molecule has 0 bridgehead atoms. The van der Waals surface area contributed by atoms with Crippen molar-refractivity contribution in [3.05, 3.63) is 11.6 Å². The molecule has 62 valence electrons. The Balaban J connectivity index is 2.46. The summed E-state index contributed by atoms with van der Waals surface area (Å²) in [6, 6.07) is 0. The monoisotopic (exact) mass is 152 g/mol. The third kappa shape index (κ3) is 2.87. The summed E-state index contributed by atoms with van der Waals surface area (Å²) in [7, 11) is 0. The Morgan fingerprint density at radius 3 is 2.82 bits per heavy atom. The van der Waals surface area contributed by atoms with Crippen molar-refractivity contribution in [1.82, 2.24) is 0 Å². The average Bonchev–Trinajstić information content (AvgIpc) is 1.85. The number of allylic oxidation sites excluding steroid dienone is 2. The molecule has 0 aromatic carbocycles. The minimum absolute atomic E-state index is 0.443. The summed E-state index contributed by atoms with van der Waals surface area (Å²) >= 11 is 0. The number of hydrogen-bond donors (Lipinski definition) is 0. The fraction of sp³-hybridized carbons (Fsp3) is 0.700. The molecule has 0 spiro atoms. The first-order valence-electron chi connectivity index (χ1n) is 4.35. The van der Waals surface area contributed by atoms with Crippen molar-refractivity contribution >= 4 is 5.78 Å². The minimum Gasteiger partial charge on any atom is -0.300 e. The second kappa shape index (κ2) is 3.70. The topological polar surface area (TPSA) is 17.1 Å². The highest BCUT2D eigenvalue weighted by Crippen LogP contribution is 2.23. The lowest BCUT2D eigenvalue weighted by Crippen LogP contribution is -2.13. The van der Waals surface area contributed by atoms with Gasteiger partial charge in [-0.1, -0.05) is 11.6 Å². The van der Waals surface area contributed by atoms with E-state index in [-0.39, 0.29) is 0 Å². The van der Waals surface area contributed by atoms with Gasteiger partial charge in [0.2, 0.25) is 0 Å². The summed E-state index contributed by atoms with van der Waals surface area (Å²) in [4.78, 5) is 11.0. The number of rotatable bonds is 1. The van der Waals surface area contributed by atoms with E-state index in [0.29, 0.717) is 11.7 Å². The second-order valence-electron chi connectivity index (χ2n) is 3.64. The molecule has 0 heterocycles. The molecule has 1 atom stereocenters. The molecule has 1 nitrogen and oxygen atoms in total. The lowest BCUT2D eigenvalue weighted by atomic mass is 9.87. The van der Waals surface area contributed by atoms with Crippen LogP contribution in [0.5, 0.6) is 0 Å². The van der Waals surface area contributed by atoms with Crippen molar-refractivity contribution in [3.8, 4) is 0 Å². The van der Waals surface area contributed by atoms with Crippen LogP contribution in [-0.4, -0.2) is 5.78 Å². The second-order valence-corrected chi connectivity index (χ2v) is 3.64. The molecule has 1 heteroatoms. The van der Waals surface area contributed by atoms with Gasteiger partial charge in [-0.3, -0.25) is 4.79 Å². The van der Waals surface area contributed by atoms with Crippen molar-refractivity contribution in [3.63, 3.8) is 0 Å². The van der Waals surface area contributed by atoms with Crippen LogP contribution >= 0.6 is 0 Å². The first-order valence-corrected chi connectivity index (χ1v) is 4.35. The lowest BCUT2D eigenvalue weighted by molar-refractivity contribution is -0.121. The lowest BCUT2D eigenvalue weighted by Gasteiger charge is -2.17. The standard InChI is InChI=1S/C10H16O/c1-8(2)6-9-4-3-5-10(11)7-9/h6,9H,3-5,7H2,1-2H3. The molecule has 11 heavy (non-hydrogen) atoms. The molecule has 0 aliphatic heterocycles. The Hall–Kier alpha value is -0.590. The van der Waals surface area contributed by atoms with Crippen LogP contribution in [0.1, 0.15) is 39.5 Å². The third-order valence-corrected chi connectivity index (χ3v) is 2.09. The molecule has 1 rings (SSSR count). The summed E-state index contributed by atoms with van der Waals surface area (Å²) in [6.45, 7) is 4.19. The van der Waals surface area contributed by atoms with Gasteiger partial charge in [0, 0.05) is 12.8 Å². The zero-order valence-corrected chi connectivity index (χ0v) is 7.39. The van der Waals surface area contributed by atoms with Crippen LogP contribution < -0.4 is 0 Å². The largest absolute Gasteiger partial charge is 0.300 e. The maximum Gasteiger partial charge on any atom is 0.133 e. The van der Waals surface area contributed by atoms with Gasteiger partial charge in [-0.2, -0.15) is 0 Å². The van der Waals surface area contributed by atoms with E-state index in [9.17, 15) is 4.79 Å². The van der Waals surface area contributed by atoms with Crippen LogP contribution in [0.4, 0.5) is 0 Å². The van der Waals surface area contributed by atoms with Crippen LogP contribution in [0, 0.1) is 5.92 Å². The number of hydrogen-bond acceptors (Lipinski definition) is 1. The van der Waals surface area contributed by atoms with E-state index in [1.807, 2.05) is 0 Å². The van der Waals surface area contributed by atoms with E-state index in [0.717, 1.165) is 19.3 Å². The van der Waals surface area contributed by atoms with Gasteiger partial charge in [-0.25, -0.2) is 0 Å². The summed E-state index contributed by atoms with van der Waals surface area (Å²) in [6.07, 6.45) is 6.12. The zero-order valence-electron chi connectivity index (χ0n) is 7.39. The average molecular weight is 152 g/mol. The Labute approximate surface area is 68.5 Å². The quantitative estimate of drug-likeness (QED) is 0.528. The molecule has 1 aliphatic carbocycles. The molecule has 1 aliphatic rings. The van der Waals surface area contributed by atoms with Crippen LogP contribution in [-0.2, 0) is 4.79 Å².